The average Bonchev–Trinajstić information content (AvgIpc) is 2.98. The first-order valence-corrected chi connectivity index (χ1v) is 10.5. The van der Waals surface area contributed by atoms with Crippen LogP contribution in [0.3, 0.4) is 0 Å². The Balaban J connectivity index is 1.69. The monoisotopic (exact) mass is 395 g/mol. The summed E-state index contributed by atoms with van der Waals surface area (Å²) >= 11 is 1.08. The Morgan fingerprint density at radius 3 is 2.92 bits per heavy atom. The highest BCUT2D eigenvalue weighted by atomic mass is 32.2. The molecule has 6 nitrogen and oxygen atoms in total. The van der Waals surface area contributed by atoms with Crippen molar-refractivity contribution < 1.29 is 31.5 Å². The number of alkyl halides is 2. The maximum atomic E-state index is 12.5. The van der Waals surface area contributed by atoms with Crippen molar-refractivity contribution in [3.05, 3.63) is 15.8 Å². The van der Waals surface area contributed by atoms with E-state index >= 15 is 0 Å². The lowest BCUT2D eigenvalue weighted by Gasteiger charge is -2.37. The van der Waals surface area contributed by atoms with E-state index in [1.165, 1.54) is 6.07 Å². The van der Waals surface area contributed by atoms with E-state index in [1.54, 1.807) is 6.92 Å². The number of amides is 1. The van der Waals surface area contributed by atoms with E-state index in [9.17, 15) is 22.0 Å². The normalized spacial score (nSPS) is 28.4. The van der Waals surface area contributed by atoms with Gasteiger partial charge in [-0.05, 0) is 32.3 Å². The molecule has 1 aromatic rings. The van der Waals surface area contributed by atoms with Gasteiger partial charge in [-0.3, -0.25) is 4.79 Å². The van der Waals surface area contributed by atoms with Crippen LogP contribution in [0, 0.1) is 6.92 Å². The number of hydrogen-bond acceptors (Lipinski definition) is 6. The van der Waals surface area contributed by atoms with Gasteiger partial charge in [0.1, 0.15) is 10.6 Å². The zero-order chi connectivity index (χ0) is 18.2. The molecular weight excluding hydrogens is 376 g/mol. The van der Waals surface area contributed by atoms with Gasteiger partial charge >= 0.3 is 6.61 Å². The summed E-state index contributed by atoms with van der Waals surface area (Å²) in [6, 6.07) is 1.14. The van der Waals surface area contributed by atoms with Crippen LogP contribution in [-0.4, -0.2) is 50.7 Å². The summed E-state index contributed by atoms with van der Waals surface area (Å²) in [6.07, 6.45) is 1.36. The molecule has 1 spiro atoms. The van der Waals surface area contributed by atoms with Crippen molar-refractivity contribution in [2.24, 2.45) is 0 Å². The molecule has 2 atom stereocenters. The van der Waals surface area contributed by atoms with Crippen molar-refractivity contribution in [2.75, 3.05) is 18.1 Å². The Labute approximate surface area is 148 Å². The number of rotatable bonds is 4. The van der Waals surface area contributed by atoms with Crippen molar-refractivity contribution in [3.8, 4) is 5.75 Å². The first-order chi connectivity index (χ1) is 11.7. The van der Waals surface area contributed by atoms with Crippen LogP contribution in [0.15, 0.2) is 6.07 Å². The minimum absolute atomic E-state index is 0.0375. The van der Waals surface area contributed by atoms with E-state index in [2.05, 4.69) is 10.1 Å². The van der Waals surface area contributed by atoms with Crippen molar-refractivity contribution in [1.29, 1.82) is 0 Å². The largest absolute Gasteiger partial charge is 0.433 e. The van der Waals surface area contributed by atoms with Gasteiger partial charge in [0.15, 0.2) is 9.84 Å². The second-order valence-corrected chi connectivity index (χ2v) is 9.91. The topological polar surface area (TPSA) is 81.7 Å². The molecular formula is C15H19F2NO5S2. The van der Waals surface area contributed by atoms with Crippen LogP contribution in [0.4, 0.5) is 8.78 Å². The number of aryl methyl sites for hydroxylation is 1. The second kappa shape index (κ2) is 6.81. The van der Waals surface area contributed by atoms with Gasteiger partial charge in [-0.2, -0.15) is 8.78 Å². The van der Waals surface area contributed by atoms with E-state index in [0.717, 1.165) is 11.3 Å². The van der Waals surface area contributed by atoms with Gasteiger partial charge < -0.3 is 14.8 Å². The summed E-state index contributed by atoms with van der Waals surface area (Å²) in [5.41, 5.74) is -0.747. The lowest BCUT2D eigenvalue weighted by atomic mass is 9.90. The van der Waals surface area contributed by atoms with Crippen molar-refractivity contribution >= 4 is 27.1 Å². The van der Waals surface area contributed by atoms with Crippen LogP contribution >= 0.6 is 11.3 Å². The quantitative estimate of drug-likeness (QED) is 0.845. The average molecular weight is 395 g/mol. The van der Waals surface area contributed by atoms with Crippen molar-refractivity contribution in [3.63, 3.8) is 0 Å². The molecule has 3 rings (SSSR count). The molecule has 0 radical (unpaired) electrons. The highest BCUT2D eigenvalue weighted by Gasteiger charge is 2.46. The maximum absolute atomic E-state index is 12.5. The number of carbonyl (C=O) groups is 1. The van der Waals surface area contributed by atoms with Crippen molar-refractivity contribution in [2.45, 2.75) is 44.4 Å². The second-order valence-electron chi connectivity index (χ2n) is 6.47. The van der Waals surface area contributed by atoms with Gasteiger partial charge in [-0.1, -0.05) is 0 Å². The predicted molar refractivity (Wildman–Crippen MR) is 88.1 cm³/mol. The Kier molecular flexibility index (Phi) is 5.04. The number of nitrogens with one attached hydrogen (secondary N) is 1. The highest BCUT2D eigenvalue weighted by Crippen LogP contribution is 2.36. The Bertz CT molecular complexity index is 764. The van der Waals surface area contributed by atoms with E-state index in [-0.39, 0.29) is 28.2 Å². The van der Waals surface area contributed by atoms with Gasteiger partial charge in [-0.15, -0.1) is 11.3 Å². The molecule has 2 unspecified atom stereocenters. The number of halogens is 2. The summed E-state index contributed by atoms with van der Waals surface area (Å²) in [5, 5.41) is 2.81. The van der Waals surface area contributed by atoms with Crippen LogP contribution in [0.5, 0.6) is 5.75 Å². The number of sulfone groups is 1. The summed E-state index contributed by atoms with van der Waals surface area (Å²) in [7, 11) is -3.11. The number of ether oxygens (including phenoxy) is 2. The van der Waals surface area contributed by atoms with E-state index in [4.69, 9.17) is 4.74 Å². The lowest BCUT2D eigenvalue weighted by molar-refractivity contribution is -0.0691. The third kappa shape index (κ3) is 4.29. The molecule has 1 amide bonds. The fourth-order valence-corrected chi connectivity index (χ4v) is 6.22. The molecule has 1 aromatic heterocycles. The Morgan fingerprint density at radius 2 is 2.28 bits per heavy atom. The molecule has 1 N–H and O–H groups in total. The molecule has 10 heteroatoms. The van der Waals surface area contributed by atoms with Crippen LogP contribution < -0.4 is 10.1 Å². The van der Waals surface area contributed by atoms with Crippen molar-refractivity contribution in [1.82, 2.24) is 5.32 Å². The van der Waals surface area contributed by atoms with Crippen LogP contribution in [0.1, 0.15) is 33.8 Å². The van der Waals surface area contributed by atoms with Gasteiger partial charge in [-0.25, -0.2) is 8.42 Å². The summed E-state index contributed by atoms with van der Waals surface area (Å²) in [4.78, 5) is 13.3. The minimum Gasteiger partial charge on any atom is -0.433 e. The summed E-state index contributed by atoms with van der Waals surface area (Å²) < 4.78 is 58.6. The number of hydrogen-bond donors (Lipinski definition) is 1. The first-order valence-electron chi connectivity index (χ1n) is 7.89. The molecule has 0 aliphatic carbocycles. The lowest BCUT2D eigenvalue weighted by Crippen LogP contribution is -2.49. The van der Waals surface area contributed by atoms with Crippen LogP contribution in [0.25, 0.3) is 0 Å². The molecule has 2 aliphatic rings. The van der Waals surface area contributed by atoms with Crippen LogP contribution in [-0.2, 0) is 14.6 Å². The van der Waals surface area contributed by atoms with Crippen LogP contribution in [0.2, 0.25) is 0 Å². The number of thiophene rings is 1. The number of carbonyl (C=O) groups excluding carboxylic acids is 1. The van der Waals surface area contributed by atoms with E-state index in [0.29, 0.717) is 30.7 Å². The Hall–Kier alpha value is -1.26. The first kappa shape index (κ1) is 18.5. The van der Waals surface area contributed by atoms with Gasteiger partial charge in [0.2, 0.25) is 0 Å². The zero-order valence-corrected chi connectivity index (χ0v) is 15.2. The molecule has 2 fully saturated rings. The summed E-state index contributed by atoms with van der Waals surface area (Å²) in [6.45, 7) is -0.952. The summed E-state index contributed by atoms with van der Waals surface area (Å²) in [5.74, 6) is -0.578. The molecule has 3 heterocycles. The Morgan fingerprint density at radius 1 is 1.52 bits per heavy atom. The molecule has 0 aromatic carbocycles. The molecule has 0 saturated carbocycles. The predicted octanol–water partition coefficient (Wildman–Crippen LogP) is 2.12. The molecule has 2 aliphatic heterocycles. The van der Waals surface area contributed by atoms with Gasteiger partial charge in [0, 0.05) is 17.5 Å². The maximum Gasteiger partial charge on any atom is 0.387 e. The molecule has 140 valence electrons. The molecule has 2 saturated heterocycles. The SMILES string of the molecule is Cc1cc(OC(F)F)c(C(=O)NC2CCOC3(CCS(=O)(=O)C3)C2)s1. The smallest absolute Gasteiger partial charge is 0.387 e. The zero-order valence-electron chi connectivity index (χ0n) is 13.6. The standard InChI is InChI=1S/C15H19F2NO5S2/c1-9-6-11(23-14(16)17)12(24-9)13(19)18-10-2-4-22-15(7-10)3-5-25(20,21)8-15/h6,10,14H,2-5,7-8H2,1H3,(H,18,19). The van der Waals surface area contributed by atoms with E-state index < -0.39 is 28.0 Å². The third-order valence-electron chi connectivity index (χ3n) is 4.42. The molecule has 25 heavy (non-hydrogen) atoms. The van der Waals surface area contributed by atoms with Gasteiger partial charge in [0.05, 0.1) is 17.1 Å². The van der Waals surface area contributed by atoms with E-state index in [1.807, 2.05) is 0 Å². The third-order valence-corrected chi connectivity index (χ3v) is 7.25. The fraction of sp³-hybridized carbons (Fsp3) is 0.667. The minimum atomic E-state index is -3.11. The molecule has 0 bridgehead atoms. The fourth-order valence-electron chi connectivity index (χ4n) is 3.40. The van der Waals surface area contributed by atoms with Gasteiger partial charge in [0.25, 0.3) is 5.91 Å². The highest BCUT2D eigenvalue weighted by molar-refractivity contribution is 7.91.